The van der Waals surface area contributed by atoms with Crippen molar-refractivity contribution in [2.24, 2.45) is 16.7 Å². The van der Waals surface area contributed by atoms with Crippen molar-refractivity contribution in [3.8, 4) is 0 Å². The number of hydrogen-bond acceptors (Lipinski definition) is 5. The van der Waals surface area contributed by atoms with Gasteiger partial charge >= 0.3 is 0 Å². The molecular weight excluding hydrogens is 390 g/mol. The van der Waals surface area contributed by atoms with Gasteiger partial charge in [0.05, 0.1) is 0 Å². The van der Waals surface area contributed by atoms with E-state index in [-0.39, 0.29) is 34.2 Å². The molecule has 0 saturated heterocycles. The van der Waals surface area contributed by atoms with Gasteiger partial charge in [-0.25, -0.2) is 5.84 Å². The normalized spacial score (nSPS) is 23.0. The summed E-state index contributed by atoms with van der Waals surface area (Å²) in [5.41, 5.74) is 6.73. The lowest BCUT2D eigenvalue weighted by molar-refractivity contribution is -0.119. The summed E-state index contributed by atoms with van der Waals surface area (Å²) < 4.78 is 0. The van der Waals surface area contributed by atoms with E-state index < -0.39 is 0 Å². The van der Waals surface area contributed by atoms with Gasteiger partial charge in [-0.15, -0.1) is 0 Å². The number of ketones is 2. The number of hydrazine groups is 1. The molecule has 0 atom stereocenters. The number of carbonyl (C=O) groups excluding carboxylic acids is 3. The van der Waals surface area contributed by atoms with Gasteiger partial charge in [-0.05, 0) is 41.4 Å². The molecule has 0 fully saturated rings. The van der Waals surface area contributed by atoms with Crippen molar-refractivity contribution in [2.75, 3.05) is 7.05 Å². The highest BCUT2D eigenvalue weighted by atomic mass is 16.2. The number of benzene rings is 1. The van der Waals surface area contributed by atoms with E-state index >= 15 is 0 Å². The number of allylic oxidation sites excluding steroid dienone is 4. The van der Waals surface area contributed by atoms with Crippen LogP contribution in [-0.4, -0.2) is 29.4 Å². The van der Waals surface area contributed by atoms with E-state index in [1.165, 1.54) is 0 Å². The van der Waals surface area contributed by atoms with Crippen LogP contribution in [-0.2, 0) is 9.59 Å². The van der Waals surface area contributed by atoms with E-state index in [4.69, 9.17) is 5.84 Å². The predicted octanol–water partition coefficient (Wildman–Crippen LogP) is 3.61. The molecular formula is C25H31N3O3. The number of carbonyl (C=O) groups is 3. The molecule has 1 heterocycles. The van der Waals surface area contributed by atoms with Crippen molar-refractivity contribution >= 4 is 17.5 Å². The second-order valence-electron chi connectivity index (χ2n) is 10.7. The first-order chi connectivity index (χ1) is 14.4. The lowest BCUT2D eigenvalue weighted by atomic mass is 9.64. The smallest absolute Gasteiger partial charge is 0.265 e. The summed E-state index contributed by atoms with van der Waals surface area (Å²) in [7, 11) is 2.00. The third-order valence-electron chi connectivity index (χ3n) is 6.82. The number of nitrogens with zero attached hydrogens (tertiary/aromatic N) is 1. The molecule has 3 N–H and O–H groups in total. The van der Waals surface area contributed by atoms with Gasteiger partial charge in [0.1, 0.15) is 0 Å². The second-order valence-corrected chi connectivity index (χ2v) is 10.7. The molecule has 0 spiro atoms. The number of rotatable bonds is 2. The molecule has 0 unspecified atom stereocenters. The quantitative estimate of drug-likeness (QED) is 0.432. The van der Waals surface area contributed by atoms with Crippen molar-refractivity contribution in [3.63, 3.8) is 0 Å². The van der Waals surface area contributed by atoms with Crippen molar-refractivity contribution in [1.29, 1.82) is 0 Å². The molecule has 3 aliphatic rings. The summed E-state index contributed by atoms with van der Waals surface area (Å²) in [6.07, 6.45) is 2.51. The molecule has 164 valence electrons. The monoisotopic (exact) mass is 421 g/mol. The van der Waals surface area contributed by atoms with Crippen molar-refractivity contribution < 1.29 is 14.4 Å². The van der Waals surface area contributed by atoms with Crippen LogP contribution in [0.15, 0.2) is 46.8 Å². The van der Waals surface area contributed by atoms with Gasteiger partial charge in [-0.3, -0.25) is 19.8 Å². The summed E-state index contributed by atoms with van der Waals surface area (Å²) in [5, 5.41) is 0. The standard InChI is InChI=1S/C25H31N3O3/c1-24(2)10-16-21(18(29)12-24)20(14-6-8-15(9-7-14)23(31)27-26)22-17(28(16)5)11-25(3,4)13-19(22)30/h6-9,20H,10-13,26H2,1-5H3,(H,27,31). The Bertz CT molecular complexity index is 990. The Kier molecular flexibility index (Phi) is 4.97. The molecule has 0 saturated carbocycles. The molecule has 0 aromatic heterocycles. The highest BCUT2D eigenvalue weighted by Gasteiger charge is 2.48. The minimum Gasteiger partial charge on any atom is -0.351 e. The molecule has 1 aliphatic heterocycles. The second kappa shape index (κ2) is 7.16. The lowest BCUT2D eigenvalue weighted by Gasteiger charge is -2.47. The number of nitrogens with two attached hydrogens (primary N) is 1. The number of Topliss-reactive ketones (excluding diaryl/α,β-unsaturated/α-hetero) is 2. The number of nitrogen functional groups attached to an aromatic ring is 1. The highest BCUT2D eigenvalue weighted by molar-refractivity contribution is 6.06. The zero-order valence-corrected chi connectivity index (χ0v) is 19.0. The Hall–Kier alpha value is -2.73. The average molecular weight is 422 g/mol. The SMILES string of the molecule is CN1C2=C(C(=O)CC(C)(C)C2)C(c2ccc(C(=O)NN)cc2)C2=C1CC(C)(C)CC2=O. The fraction of sp³-hybridized carbons (Fsp3) is 0.480. The minimum atomic E-state index is -0.386. The van der Waals surface area contributed by atoms with E-state index in [0.717, 1.165) is 40.9 Å². The van der Waals surface area contributed by atoms with Gasteiger partial charge in [0.2, 0.25) is 0 Å². The maximum Gasteiger partial charge on any atom is 0.265 e. The minimum absolute atomic E-state index is 0.107. The zero-order valence-electron chi connectivity index (χ0n) is 19.0. The van der Waals surface area contributed by atoms with Crippen LogP contribution in [0.2, 0.25) is 0 Å². The van der Waals surface area contributed by atoms with E-state index in [9.17, 15) is 14.4 Å². The largest absolute Gasteiger partial charge is 0.351 e. The van der Waals surface area contributed by atoms with E-state index in [0.29, 0.717) is 18.4 Å². The molecule has 1 aromatic rings. The third kappa shape index (κ3) is 3.63. The van der Waals surface area contributed by atoms with Gasteiger partial charge in [0.25, 0.3) is 5.91 Å². The van der Waals surface area contributed by atoms with Gasteiger partial charge in [-0.1, -0.05) is 39.8 Å². The maximum absolute atomic E-state index is 13.4. The number of hydrogen-bond donors (Lipinski definition) is 2. The van der Waals surface area contributed by atoms with Gasteiger partial charge < -0.3 is 4.90 Å². The zero-order chi connectivity index (χ0) is 22.7. The maximum atomic E-state index is 13.4. The molecule has 1 amide bonds. The van der Waals surface area contributed by atoms with Crippen LogP contribution in [0.25, 0.3) is 0 Å². The molecule has 0 bridgehead atoms. The van der Waals surface area contributed by atoms with Crippen LogP contribution >= 0.6 is 0 Å². The topological polar surface area (TPSA) is 92.5 Å². The van der Waals surface area contributed by atoms with Crippen LogP contribution < -0.4 is 11.3 Å². The molecule has 6 heteroatoms. The van der Waals surface area contributed by atoms with Crippen LogP contribution in [0.3, 0.4) is 0 Å². The Morgan fingerprint density at radius 1 is 0.903 bits per heavy atom. The van der Waals surface area contributed by atoms with Crippen molar-refractivity contribution in [2.45, 2.75) is 59.3 Å². The molecule has 6 nitrogen and oxygen atoms in total. The fourth-order valence-corrected chi connectivity index (χ4v) is 5.41. The van der Waals surface area contributed by atoms with Crippen LogP contribution in [0.5, 0.6) is 0 Å². The first-order valence-electron chi connectivity index (χ1n) is 10.8. The Labute approximate surface area is 183 Å². The fourth-order valence-electron chi connectivity index (χ4n) is 5.41. The summed E-state index contributed by atoms with van der Waals surface area (Å²) in [6, 6.07) is 7.08. The van der Waals surface area contributed by atoms with Crippen LogP contribution in [0.1, 0.15) is 75.2 Å². The van der Waals surface area contributed by atoms with E-state index in [1.807, 2.05) is 19.2 Å². The first kappa shape index (κ1) is 21.5. The van der Waals surface area contributed by atoms with Crippen LogP contribution in [0.4, 0.5) is 0 Å². The summed E-state index contributed by atoms with van der Waals surface area (Å²) in [4.78, 5) is 40.8. The lowest BCUT2D eigenvalue weighted by Crippen LogP contribution is -2.43. The highest BCUT2D eigenvalue weighted by Crippen LogP contribution is 2.53. The van der Waals surface area contributed by atoms with E-state index in [2.05, 4.69) is 38.0 Å². The Balaban J connectivity index is 1.91. The summed E-state index contributed by atoms with van der Waals surface area (Å²) in [6.45, 7) is 8.49. The predicted molar refractivity (Wildman–Crippen MR) is 119 cm³/mol. The van der Waals surface area contributed by atoms with Gasteiger partial charge in [-0.2, -0.15) is 0 Å². The van der Waals surface area contributed by atoms with Gasteiger partial charge in [0.15, 0.2) is 11.6 Å². The number of nitrogens with one attached hydrogen (secondary N) is 1. The Morgan fingerprint density at radius 2 is 1.35 bits per heavy atom. The summed E-state index contributed by atoms with van der Waals surface area (Å²) >= 11 is 0. The average Bonchev–Trinajstić information content (AvgIpc) is 2.67. The molecule has 31 heavy (non-hydrogen) atoms. The third-order valence-corrected chi connectivity index (χ3v) is 6.82. The van der Waals surface area contributed by atoms with Crippen LogP contribution in [0, 0.1) is 10.8 Å². The summed E-state index contributed by atoms with van der Waals surface area (Å²) in [5.74, 6) is 4.71. The molecule has 2 aliphatic carbocycles. The Morgan fingerprint density at radius 3 is 1.77 bits per heavy atom. The van der Waals surface area contributed by atoms with E-state index in [1.54, 1.807) is 12.1 Å². The van der Waals surface area contributed by atoms with Crippen molar-refractivity contribution in [1.82, 2.24) is 10.3 Å². The molecule has 1 aromatic carbocycles. The van der Waals surface area contributed by atoms with Gasteiger partial charge in [0, 0.05) is 53.9 Å². The first-order valence-corrected chi connectivity index (χ1v) is 10.8. The molecule has 4 rings (SSSR count). The van der Waals surface area contributed by atoms with Crippen molar-refractivity contribution in [3.05, 3.63) is 57.9 Å². The number of amides is 1. The molecule has 0 radical (unpaired) electrons.